The Morgan fingerprint density at radius 1 is 1.45 bits per heavy atom. The molecule has 2 aromatic heterocycles. The van der Waals surface area contributed by atoms with Crippen LogP contribution in [-0.2, 0) is 20.9 Å². The second-order valence-electron chi connectivity index (χ2n) is 4.58. The number of ether oxygens (including phenoxy) is 1. The molecule has 1 N–H and O–H groups in total. The summed E-state index contributed by atoms with van der Waals surface area (Å²) in [6.07, 6.45) is 2.14. The van der Waals surface area contributed by atoms with Crippen molar-refractivity contribution in [2.45, 2.75) is 26.3 Å². The third-order valence-electron chi connectivity index (χ3n) is 2.95. The van der Waals surface area contributed by atoms with Crippen LogP contribution in [0.3, 0.4) is 0 Å². The summed E-state index contributed by atoms with van der Waals surface area (Å²) in [5.41, 5.74) is -0.229. The van der Waals surface area contributed by atoms with Crippen LogP contribution in [0.25, 0.3) is 10.2 Å². The van der Waals surface area contributed by atoms with Crippen LogP contribution in [0.15, 0.2) is 22.6 Å². The Morgan fingerprint density at radius 3 is 3.05 bits per heavy atom. The highest BCUT2D eigenvalue weighted by molar-refractivity contribution is 7.16. The van der Waals surface area contributed by atoms with Crippen molar-refractivity contribution in [3.05, 3.63) is 28.1 Å². The largest absolute Gasteiger partial charge is 0.466 e. The number of aromatic nitrogens is 2. The molecule has 0 spiro atoms. The maximum Gasteiger partial charge on any atom is 0.305 e. The summed E-state index contributed by atoms with van der Waals surface area (Å²) in [7, 11) is 0. The van der Waals surface area contributed by atoms with Crippen molar-refractivity contribution in [1.82, 2.24) is 14.9 Å². The quantitative estimate of drug-likeness (QED) is 0.604. The lowest BCUT2D eigenvalue weighted by Gasteiger charge is -2.07. The summed E-state index contributed by atoms with van der Waals surface area (Å²) < 4.78 is 6.06. The van der Waals surface area contributed by atoms with Gasteiger partial charge in [0, 0.05) is 13.0 Å². The van der Waals surface area contributed by atoms with Gasteiger partial charge in [-0.15, -0.1) is 11.3 Å². The van der Waals surface area contributed by atoms with Crippen molar-refractivity contribution in [3.63, 3.8) is 0 Å². The van der Waals surface area contributed by atoms with E-state index in [1.807, 2.05) is 0 Å². The van der Waals surface area contributed by atoms with Crippen LogP contribution in [-0.4, -0.2) is 34.6 Å². The molecule has 0 aromatic carbocycles. The number of nitrogens with zero attached hydrogens (tertiary/aromatic N) is 2. The fraction of sp³-hybridized carbons (Fsp3) is 0.429. The molecule has 0 fully saturated rings. The average Bonchev–Trinajstić information content (AvgIpc) is 2.96. The number of thiophene rings is 1. The Hall–Kier alpha value is -2.22. The molecule has 0 bridgehead atoms. The first-order chi connectivity index (χ1) is 10.6. The molecule has 0 aliphatic carbocycles. The van der Waals surface area contributed by atoms with Gasteiger partial charge in [0.2, 0.25) is 5.91 Å². The van der Waals surface area contributed by atoms with Gasteiger partial charge in [0.25, 0.3) is 5.56 Å². The van der Waals surface area contributed by atoms with Crippen LogP contribution >= 0.6 is 11.3 Å². The fourth-order valence-corrected chi connectivity index (χ4v) is 2.63. The minimum absolute atomic E-state index is 0.0863. The number of carbonyl (C=O) groups is 2. The molecule has 0 atom stereocenters. The lowest BCUT2D eigenvalue weighted by atomic mass is 10.3. The summed E-state index contributed by atoms with van der Waals surface area (Å²) in [4.78, 5) is 39.8. The number of amides is 1. The molecule has 7 nitrogen and oxygen atoms in total. The third kappa shape index (κ3) is 4.14. The molecule has 2 rings (SSSR count). The minimum Gasteiger partial charge on any atom is -0.466 e. The smallest absolute Gasteiger partial charge is 0.305 e. The van der Waals surface area contributed by atoms with Gasteiger partial charge in [0.1, 0.15) is 11.4 Å². The highest BCUT2D eigenvalue weighted by atomic mass is 32.1. The Kier molecular flexibility index (Phi) is 5.65. The molecule has 0 aliphatic rings. The van der Waals surface area contributed by atoms with E-state index >= 15 is 0 Å². The lowest BCUT2D eigenvalue weighted by molar-refractivity contribution is -0.143. The predicted molar refractivity (Wildman–Crippen MR) is 82.8 cm³/mol. The zero-order chi connectivity index (χ0) is 15.9. The van der Waals surface area contributed by atoms with E-state index in [1.54, 1.807) is 18.4 Å². The molecule has 118 valence electrons. The lowest BCUT2D eigenvalue weighted by Crippen LogP contribution is -2.33. The van der Waals surface area contributed by atoms with E-state index in [2.05, 4.69) is 10.3 Å². The molecule has 22 heavy (non-hydrogen) atoms. The van der Waals surface area contributed by atoms with E-state index in [9.17, 15) is 14.4 Å². The summed E-state index contributed by atoms with van der Waals surface area (Å²) in [5.74, 6) is -0.567. The minimum atomic E-state index is -0.290. The Labute approximate surface area is 130 Å². The van der Waals surface area contributed by atoms with Crippen LogP contribution in [0.5, 0.6) is 0 Å². The monoisotopic (exact) mass is 323 g/mol. The molecule has 2 aromatic rings. The van der Waals surface area contributed by atoms with Crippen LogP contribution in [0, 0.1) is 0 Å². The van der Waals surface area contributed by atoms with E-state index in [0.29, 0.717) is 29.8 Å². The van der Waals surface area contributed by atoms with Crippen LogP contribution < -0.4 is 10.9 Å². The van der Waals surface area contributed by atoms with Crippen LogP contribution in [0.2, 0.25) is 0 Å². The Balaban J connectivity index is 1.82. The van der Waals surface area contributed by atoms with Crippen molar-refractivity contribution < 1.29 is 14.3 Å². The second kappa shape index (κ2) is 7.69. The summed E-state index contributed by atoms with van der Waals surface area (Å²) in [5, 5.41) is 4.97. The number of esters is 1. The van der Waals surface area contributed by atoms with Gasteiger partial charge in [0.15, 0.2) is 0 Å². The van der Waals surface area contributed by atoms with Gasteiger partial charge in [0.05, 0.1) is 18.3 Å². The van der Waals surface area contributed by atoms with Gasteiger partial charge in [-0.25, -0.2) is 4.98 Å². The molecular weight excluding hydrogens is 306 g/mol. The summed E-state index contributed by atoms with van der Waals surface area (Å²) in [6.45, 7) is 2.37. The first kappa shape index (κ1) is 16.2. The van der Waals surface area contributed by atoms with E-state index in [4.69, 9.17) is 4.74 Å². The highest BCUT2D eigenvalue weighted by Crippen LogP contribution is 2.13. The predicted octanol–water partition coefficient (Wildman–Crippen LogP) is 0.917. The number of rotatable bonds is 7. The number of hydrogen-bond donors (Lipinski definition) is 1. The van der Waals surface area contributed by atoms with Crippen molar-refractivity contribution in [3.8, 4) is 0 Å². The van der Waals surface area contributed by atoms with E-state index in [-0.39, 0.29) is 30.4 Å². The molecule has 0 saturated carbocycles. The van der Waals surface area contributed by atoms with Crippen molar-refractivity contribution in [1.29, 1.82) is 0 Å². The first-order valence-electron chi connectivity index (χ1n) is 6.96. The zero-order valence-corrected chi connectivity index (χ0v) is 13.0. The molecule has 0 aliphatic heterocycles. The standard InChI is InChI=1S/C14H17N3O4S/c1-2-21-12(19)4-3-6-15-11(18)8-17-9-16-13-10(14(17)20)5-7-22-13/h5,7,9H,2-4,6,8H2,1H3,(H,15,18). The van der Waals surface area contributed by atoms with Gasteiger partial charge in [-0.1, -0.05) is 0 Å². The molecule has 8 heteroatoms. The van der Waals surface area contributed by atoms with E-state index < -0.39 is 0 Å². The van der Waals surface area contributed by atoms with E-state index in [0.717, 1.165) is 0 Å². The Bertz CT molecular complexity index is 722. The molecule has 0 radical (unpaired) electrons. The molecule has 0 saturated heterocycles. The normalized spacial score (nSPS) is 10.6. The molecule has 0 unspecified atom stereocenters. The summed E-state index contributed by atoms with van der Waals surface area (Å²) >= 11 is 1.38. The fourth-order valence-electron chi connectivity index (χ4n) is 1.91. The zero-order valence-electron chi connectivity index (χ0n) is 12.2. The average molecular weight is 323 g/mol. The highest BCUT2D eigenvalue weighted by Gasteiger charge is 2.09. The first-order valence-corrected chi connectivity index (χ1v) is 7.84. The maximum absolute atomic E-state index is 12.1. The number of fused-ring (bicyclic) bond motifs is 1. The van der Waals surface area contributed by atoms with Gasteiger partial charge in [-0.3, -0.25) is 19.0 Å². The SMILES string of the molecule is CCOC(=O)CCCNC(=O)Cn1cnc2sccc2c1=O. The Morgan fingerprint density at radius 2 is 2.27 bits per heavy atom. The van der Waals surface area contributed by atoms with Gasteiger partial charge < -0.3 is 10.1 Å². The number of hydrogen-bond acceptors (Lipinski definition) is 6. The third-order valence-corrected chi connectivity index (χ3v) is 3.77. The van der Waals surface area contributed by atoms with Crippen LogP contribution in [0.1, 0.15) is 19.8 Å². The van der Waals surface area contributed by atoms with E-state index in [1.165, 1.54) is 22.2 Å². The summed E-state index contributed by atoms with van der Waals surface area (Å²) in [6, 6.07) is 1.70. The van der Waals surface area contributed by atoms with Crippen molar-refractivity contribution in [2.24, 2.45) is 0 Å². The second-order valence-corrected chi connectivity index (χ2v) is 5.47. The van der Waals surface area contributed by atoms with Crippen molar-refractivity contribution >= 4 is 33.4 Å². The number of carbonyl (C=O) groups excluding carboxylic acids is 2. The maximum atomic E-state index is 12.1. The van der Waals surface area contributed by atoms with Gasteiger partial charge in [-0.2, -0.15) is 0 Å². The molecular formula is C14H17N3O4S. The van der Waals surface area contributed by atoms with Crippen molar-refractivity contribution in [2.75, 3.05) is 13.2 Å². The van der Waals surface area contributed by atoms with Crippen LogP contribution in [0.4, 0.5) is 0 Å². The van der Waals surface area contributed by atoms with Gasteiger partial charge >= 0.3 is 5.97 Å². The van der Waals surface area contributed by atoms with Gasteiger partial charge in [-0.05, 0) is 24.8 Å². The topological polar surface area (TPSA) is 90.3 Å². The number of nitrogens with one attached hydrogen (secondary N) is 1. The molecule has 2 heterocycles. The molecule has 1 amide bonds.